The molecule has 3 heterocycles. The maximum Gasteiger partial charge on any atom is 0.227 e. The number of carbonyl (C=O) groups excluding carboxylic acids is 1. The van der Waals surface area contributed by atoms with E-state index >= 15 is 0 Å². The van der Waals surface area contributed by atoms with Crippen molar-refractivity contribution in [3.8, 4) is 17.1 Å². The highest BCUT2D eigenvalue weighted by molar-refractivity contribution is 7.08. The van der Waals surface area contributed by atoms with Crippen molar-refractivity contribution in [1.29, 1.82) is 0 Å². The fraction of sp³-hybridized carbons (Fsp3) is 0.238. The largest absolute Gasteiger partial charge is 0.349 e. The van der Waals surface area contributed by atoms with Crippen molar-refractivity contribution in [2.24, 2.45) is 0 Å². The number of benzene rings is 1. The third kappa shape index (κ3) is 4.30. The smallest absolute Gasteiger partial charge is 0.227 e. The Morgan fingerprint density at radius 1 is 1.30 bits per heavy atom. The first kappa shape index (κ1) is 20.0. The fourth-order valence-corrected chi connectivity index (χ4v) is 3.80. The number of thiophene rings is 1. The number of hydrogen-bond donors (Lipinski definition) is 1. The van der Waals surface area contributed by atoms with E-state index in [1.807, 2.05) is 30.7 Å². The van der Waals surface area contributed by atoms with Crippen LogP contribution in [0.15, 0.2) is 51.8 Å². The third-order valence-electron chi connectivity index (χ3n) is 4.78. The summed E-state index contributed by atoms with van der Waals surface area (Å²) in [5, 5.41) is 15.2. The van der Waals surface area contributed by atoms with Gasteiger partial charge in [-0.05, 0) is 49.6 Å². The van der Waals surface area contributed by atoms with E-state index in [1.54, 1.807) is 34.3 Å². The van der Waals surface area contributed by atoms with Crippen LogP contribution in [0.1, 0.15) is 36.5 Å². The van der Waals surface area contributed by atoms with E-state index in [9.17, 15) is 9.18 Å². The van der Waals surface area contributed by atoms with Crippen molar-refractivity contribution in [3.05, 3.63) is 70.3 Å². The molecule has 7 nitrogen and oxygen atoms in total. The van der Waals surface area contributed by atoms with E-state index in [4.69, 9.17) is 4.52 Å². The molecule has 0 radical (unpaired) electrons. The van der Waals surface area contributed by atoms with Gasteiger partial charge in [0.1, 0.15) is 5.82 Å². The van der Waals surface area contributed by atoms with Gasteiger partial charge < -0.3 is 9.84 Å². The highest BCUT2D eigenvalue weighted by Gasteiger charge is 2.17. The van der Waals surface area contributed by atoms with Gasteiger partial charge in [0.2, 0.25) is 17.6 Å². The molecular weight excluding hydrogens is 405 g/mol. The lowest BCUT2D eigenvalue weighted by molar-refractivity contribution is -0.121. The second kappa shape index (κ2) is 8.58. The number of hydrogen-bond acceptors (Lipinski definition) is 6. The van der Waals surface area contributed by atoms with Crippen molar-refractivity contribution >= 4 is 17.2 Å². The summed E-state index contributed by atoms with van der Waals surface area (Å²) in [7, 11) is 0. The Hall–Kier alpha value is -3.33. The number of amides is 1. The van der Waals surface area contributed by atoms with Crippen molar-refractivity contribution in [3.63, 3.8) is 0 Å². The van der Waals surface area contributed by atoms with E-state index in [-0.39, 0.29) is 24.2 Å². The Kier molecular flexibility index (Phi) is 5.71. The van der Waals surface area contributed by atoms with Gasteiger partial charge in [-0.15, -0.1) is 0 Å². The molecule has 4 rings (SSSR count). The Labute approximate surface area is 176 Å². The van der Waals surface area contributed by atoms with Crippen LogP contribution in [-0.2, 0) is 11.2 Å². The highest BCUT2D eigenvalue weighted by atomic mass is 32.1. The van der Waals surface area contributed by atoms with Crippen LogP contribution in [0.4, 0.5) is 4.39 Å². The van der Waals surface area contributed by atoms with Gasteiger partial charge in [-0.1, -0.05) is 5.16 Å². The molecule has 30 heavy (non-hydrogen) atoms. The van der Waals surface area contributed by atoms with Crippen LogP contribution in [0.3, 0.4) is 0 Å². The first-order chi connectivity index (χ1) is 14.5. The standard InChI is InChI=1S/C21H20FN5O2S/c1-13(18-11-23-27(14(18)2)17-5-3-16(22)4-6-17)24-19(28)7-8-20-25-21(26-29-20)15-9-10-30-12-15/h3-6,9-13H,7-8H2,1-2H3,(H,24,28). The molecule has 0 spiro atoms. The van der Waals surface area contributed by atoms with Crippen LogP contribution < -0.4 is 5.32 Å². The molecule has 1 aromatic carbocycles. The molecule has 0 bridgehead atoms. The molecule has 0 aliphatic rings. The highest BCUT2D eigenvalue weighted by Crippen LogP contribution is 2.21. The summed E-state index contributed by atoms with van der Waals surface area (Å²) in [6.45, 7) is 3.82. The molecule has 1 unspecified atom stereocenters. The van der Waals surface area contributed by atoms with Gasteiger partial charge in [0.25, 0.3) is 0 Å². The minimum atomic E-state index is -0.298. The van der Waals surface area contributed by atoms with Gasteiger partial charge in [-0.25, -0.2) is 9.07 Å². The molecule has 0 saturated heterocycles. The minimum absolute atomic E-state index is 0.119. The Balaban J connectivity index is 1.35. The average Bonchev–Trinajstić information content (AvgIpc) is 3.48. The molecule has 0 fully saturated rings. The second-order valence-electron chi connectivity index (χ2n) is 6.89. The summed E-state index contributed by atoms with van der Waals surface area (Å²) < 4.78 is 20.1. The number of nitrogens with one attached hydrogen (secondary N) is 1. The van der Waals surface area contributed by atoms with Crippen LogP contribution in [0.5, 0.6) is 0 Å². The van der Waals surface area contributed by atoms with Crippen molar-refractivity contribution in [2.75, 3.05) is 0 Å². The molecule has 1 amide bonds. The lowest BCUT2D eigenvalue weighted by atomic mass is 10.1. The number of rotatable bonds is 7. The van der Waals surface area contributed by atoms with Crippen LogP contribution in [0.2, 0.25) is 0 Å². The van der Waals surface area contributed by atoms with E-state index in [2.05, 4.69) is 20.6 Å². The third-order valence-corrected chi connectivity index (χ3v) is 5.46. The summed E-state index contributed by atoms with van der Waals surface area (Å²) in [5.74, 6) is 0.544. The Morgan fingerprint density at radius 2 is 2.10 bits per heavy atom. The van der Waals surface area contributed by atoms with Gasteiger partial charge >= 0.3 is 0 Å². The Morgan fingerprint density at radius 3 is 2.83 bits per heavy atom. The predicted molar refractivity (Wildman–Crippen MR) is 111 cm³/mol. The molecule has 154 valence electrons. The first-order valence-electron chi connectivity index (χ1n) is 9.46. The molecule has 0 aliphatic heterocycles. The SMILES string of the molecule is Cc1c(C(C)NC(=O)CCc2nc(-c3ccsc3)no2)cnn1-c1ccc(F)cc1. The zero-order valence-corrected chi connectivity index (χ0v) is 17.3. The summed E-state index contributed by atoms with van der Waals surface area (Å²) in [5.41, 5.74) is 3.44. The van der Waals surface area contributed by atoms with Crippen LogP contribution >= 0.6 is 11.3 Å². The summed E-state index contributed by atoms with van der Waals surface area (Å²) in [6.07, 6.45) is 2.32. The maximum absolute atomic E-state index is 13.2. The van der Waals surface area contributed by atoms with Crippen molar-refractivity contribution in [2.45, 2.75) is 32.7 Å². The number of halogens is 1. The second-order valence-corrected chi connectivity index (χ2v) is 7.67. The quantitative estimate of drug-likeness (QED) is 0.479. The monoisotopic (exact) mass is 425 g/mol. The first-order valence-corrected chi connectivity index (χ1v) is 10.4. The molecule has 1 N–H and O–H groups in total. The van der Waals surface area contributed by atoms with E-state index in [1.165, 1.54) is 12.1 Å². The lowest BCUT2D eigenvalue weighted by Gasteiger charge is -2.14. The minimum Gasteiger partial charge on any atom is -0.349 e. The molecule has 4 aromatic rings. The number of aryl methyl sites for hydroxylation is 1. The predicted octanol–water partition coefficient (Wildman–Crippen LogP) is 4.24. The topological polar surface area (TPSA) is 85.8 Å². The normalized spacial score (nSPS) is 12.1. The summed E-state index contributed by atoms with van der Waals surface area (Å²) in [4.78, 5) is 16.7. The van der Waals surface area contributed by atoms with Gasteiger partial charge in [0.15, 0.2) is 0 Å². The number of nitrogens with zero attached hydrogens (tertiary/aromatic N) is 4. The van der Waals surface area contributed by atoms with Crippen LogP contribution in [-0.4, -0.2) is 25.8 Å². The summed E-state index contributed by atoms with van der Waals surface area (Å²) >= 11 is 1.56. The Bertz CT molecular complexity index is 1130. The van der Waals surface area contributed by atoms with Crippen LogP contribution in [0, 0.1) is 12.7 Å². The summed E-state index contributed by atoms with van der Waals surface area (Å²) in [6, 6.07) is 7.80. The van der Waals surface area contributed by atoms with Gasteiger partial charge in [0.05, 0.1) is 17.9 Å². The fourth-order valence-electron chi connectivity index (χ4n) is 3.17. The van der Waals surface area contributed by atoms with Gasteiger partial charge in [-0.3, -0.25) is 4.79 Å². The zero-order valence-electron chi connectivity index (χ0n) is 16.5. The van der Waals surface area contributed by atoms with Crippen molar-refractivity contribution < 1.29 is 13.7 Å². The number of aromatic nitrogens is 4. The van der Waals surface area contributed by atoms with Gasteiger partial charge in [-0.2, -0.15) is 21.4 Å². The van der Waals surface area contributed by atoms with E-state index in [0.717, 1.165) is 22.5 Å². The van der Waals surface area contributed by atoms with Crippen molar-refractivity contribution in [1.82, 2.24) is 25.2 Å². The van der Waals surface area contributed by atoms with Crippen LogP contribution in [0.25, 0.3) is 17.1 Å². The zero-order chi connectivity index (χ0) is 21.1. The molecule has 9 heteroatoms. The average molecular weight is 425 g/mol. The molecular formula is C21H20FN5O2S. The number of carbonyl (C=O) groups is 1. The molecule has 3 aromatic heterocycles. The van der Waals surface area contributed by atoms with E-state index in [0.29, 0.717) is 18.1 Å². The molecule has 1 atom stereocenters. The lowest BCUT2D eigenvalue weighted by Crippen LogP contribution is -2.27. The van der Waals surface area contributed by atoms with E-state index < -0.39 is 0 Å². The molecule has 0 saturated carbocycles. The molecule has 0 aliphatic carbocycles. The maximum atomic E-state index is 13.2. The van der Waals surface area contributed by atoms with Gasteiger partial charge in [0, 0.05) is 35.0 Å².